The van der Waals surface area contributed by atoms with Crippen molar-refractivity contribution in [2.75, 3.05) is 6.54 Å². The average Bonchev–Trinajstić information content (AvgIpc) is 3.07. The molecule has 5 nitrogen and oxygen atoms in total. The summed E-state index contributed by atoms with van der Waals surface area (Å²) in [5.74, 6) is -0.743. The summed E-state index contributed by atoms with van der Waals surface area (Å²) in [6.07, 6.45) is 3.60. The van der Waals surface area contributed by atoms with E-state index in [9.17, 15) is 9.59 Å². The van der Waals surface area contributed by atoms with Gasteiger partial charge in [-0.2, -0.15) is 0 Å². The number of carbonyl (C=O) groups is 2. The Labute approximate surface area is 101 Å². The van der Waals surface area contributed by atoms with Gasteiger partial charge < -0.3 is 15.3 Å². The van der Waals surface area contributed by atoms with Crippen molar-refractivity contribution in [2.24, 2.45) is 0 Å². The number of nitrogens with one attached hydrogen (secondary N) is 1. The van der Waals surface area contributed by atoms with Crippen LogP contribution in [0.2, 0.25) is 0 Å². The van der Waals surface area contributed by atoms with Crippen LogP contribution in [0.3, 0.4) is 0 Å². The largest absolute Gasteiger partial charge is 0.481 e. The van der Waals surface area contributed by atoms with E-state index in [1.807, 2.05) is 4.90 Å². The highest BCUT2D eigenvalue weighted by Gasteiger charge is 2.37. The minimum atomic E-state index is -0.838. The highest BCUT2D eigenvalue weighted by atomic mass is 16.4. The number of carbonyl (C=O) groups excluding carboxylic acids is 1. The molecular weight excluding hydrogens is 220 g/mol. The van der Waals surface area contributed by atoms with Crippen molar-refractivity contribution in [3.63, 3.8) is 0 Å². The molecule has 0 spiro atoms. The summed E-state index contributed by atoms with van der Waals surface area (Å²) >= 11 is 0. The van der Waals surface area contributed by atoms with E-state index in [1.165, 1.54) is 0 Å². The van der Waals surface area contributed by atoms with Gasteiger partial charge in [0, 0.05) is 25.0 Å². The number of carboxylic acids is 1. The first kappa shape index (κ1) is 12.4. The van der Waals surface area contributed by atoms with Crippen molar-refractivity contribution in [2.45, 2.75) is 57.2 Å². The first-order valence-electron chi connectivity index (χ1n) is 6.36. The maximum Gasteiger partial charge on any atom is 0.303 e. The van der Waals surface area contributed by atoms with Gasteiger partial charge in [0.25, 0.3) is 0 Å². The van der Waals surface area contributed by atoms with Crippen molar-refractivity contribution in [1.29, 1.82) is 0 Å². The van der Waals surface area contributed by atoms with Crippen LogP contribution in [0.5, 0.6) is 0 Å². The SMILES string of the molecule is CC1CCN(C2CC2)C(=O)C(CCC(=O)O)N1. The number of amides is 1. The van der Waals surface area contributed by atoms with E-state index in [0.717, 1.165) is 25.8 Å². The van der Waals surface area contributed by atoms with Crippen LogP contribution >= 0.6 is 0 Å². The van der Waals surface area contributed by atoms with Crippen LogP contribution in [0, 0.1) is 0 Å². The first-order chi connectivity index (χ1) is 8.08. The summed E-state index contributed by atoms with van der Waals surface area (Å²) in [6.45, 7) is 2.86. The Balaban J connectivity index is 1.99. The molecule has 0 bridgehead atoms. The molecule has 96 valence electrons. The zero-order valence-corrected chi connectivity index (χ0v) is 10.2. The van der Waals surface area contributed by atoms with Gasteiger partial charge in [-0.05, 0) is 32.6 Å². The van der Waals surface area contributed by atoms with E-state index in [2.05, 4.69) is 12.2 Å². The van der Waals surface area contributed by atoms with E-state index < -0.39 is 5.97 Å². The molecule has 0 aromatic carbocycles. The third kappa shape index (κ3) is 3.19. The van der Waals surface area contributed by atoms with Gasteiger partial charge in [-0.15, -0.1) is 0 Å². The molecule has 2 unspecified atom stereocenters. The molecule has 1 aliphatic carbocycles. The highest BCUT2D eigenvalue weighted by Crippen LogP contribution is 2.29. The van der Waals surface area contributed by atoms with E-state index in [-0.39, 0.29) is 24.4 Å². The average molecular weight is 240 g/mol. The summed E-state index contributed by atoms with van der Waals surface area (Å²) in [6, 6.07) is 0.382. The molecule has 2 atom stereocenters. The molecule has 1 amide bonds. The standard InChI is InChI=1S/C12H20N2O3/c1-8-6-7-14(9-2-3-9)12(17)10(13-8)4-5-11(15)16/h8-10,13H,2-7H2,1H3,(H,15,16). The minimum absolute atomic E-state index is 0.0502. The van der Waals surface area contributed by atoms with Crippen LogP contribution in [0.1, 0.15) is 39.0 Å². The third-order valence-electron chi connectivity index (χ3n) is 3.50. The molecule has 0 radical (unpaired) electrons. The van der Waals surface area contributed by atoms with Gasteiger partial charge in [0.15, 0.2) is 0 Å². The van der Waals surface area contributed by atoms with Crippen LogP contribution in [-0.4, -0.2) is 46.6 Å². The molecule has 17 heavy (non-hydrogen) atoms. The van der Waals surface area contributed by atoms with Crippen molar-refractivity contribution < 1.29 is 14.7 Å². The zero-order valence-electron chi connectivity index (χ0n) is 10.2. The molecule has 1 saturated carbocycles. The number of nitrogens with zero attached hydrogens (tertiary/aromatic N) is 1. The fourth-order valence-electron chi connectivity index (χ4n) is 2.36. The second kappa shape index (κ2) is 5.04. The topological polar surface area (TPSA) is 69.6 Å². The van der Waals surface area contributed by atoms with Gasteiger partial charge in [0.2, 0.25) is 5.91 Å². The minimum Gasteiger partial charge on any atom is -0.481 e. The van der Waals surface area contributed by atoms with E-state index in [1.54, 1.807) is 0 Å². The molecule has 5 heteroatoms. The molecule has 2 fully saturated rings. The van der Waals surface area contributed by atoms with E-state index in [4.69, 9.17) is 5.11 Å². The lowest BCUT2D eigenvalue weighted by Gasteiger charge is -2.23. The molecular formula is C12H20N2O3. The number of hydrogen-bond acceptors (Lipinski definition) is 3. The van der Waals surface area contributed by atoms with Crippen molar-refractivity contribution in [3.8, 4) is 0 Å². The fraction of sp³-hybridized carbons (Fsp3) is 0.833. The van der Waals surface area contributed by atoms with Crippen LogP contribution in [0.4, 0.5) is 0 Å². The Hall–Kier alpha value is -1.10. The van der Waals surface area contributed by atoms with Gasteiger partial charge >= 0.3 is 5.97 Å². The monoisotopic (exact) mass is 240 g/mol. The molecule has 1 aliphatic heterocycles. The number of carboxylic acid groups (broad SMARTS) is 1. The number of rotatable bonds is 4. The van der Waals surface area contributed by atoms with Crippen LogP contribution in [0.15, 0.2) is 0 Å². The van der Waals surface area contributed by atoms with Crippen molar-refractivity contribution >= 4 is 11.9 Å². The molecule has 2 N–H and O–H groups in total. The fourth-order valence-corrected chi connectivity index (χ4v) is 2.36. The summed E-state index contributed by atoms with van der Waals surface area (Å²) < 4.78 is 0. The van der Waals surface area contributed by atoms with Crippen molar-refractivity contribution in [1.82, 2.24) is 10.2 Å². The van der Waals surface area contributed by atoms with E-state index >= 15 is 0 Å². The Morgan fingerprint density at radius 2 is 2.18 bits per heavy atom. The van der Waals surface area contributed by atoms with Crippen LogP contribution < -0.4 is 5.32 Å². The summed E-state index contributed by atoms with van der Waals surface area (Å²) in [5.41, 5.74) is 0. The predicted molar refractivity (Wildman–Crippen MR) is 62.6 cm³/mol. The second-order valence-electron chi connectivity index (χ2n) is 5.10. The molecule has 0 aromatic heterocycles. The zero-order chi connectivity index (χ0) is 12.4. The number of aliphatic carboxylic acids is 1. The molecule has 2 aliphatic rings. The van der Waals surface area contributed by atoms with Gasteiger partial charge in [-0.25, -0.2) is 0 Å². The molecule has 0 aromatic rings. The Kier molecular flexibility index (Phi) is 3.66. The summed E-state index contributed by atoms with van der Waals surface area (Å²) in [7, 11) is 0. The molecule has 1 heterocycles. The molecule has 2 rings (SSSR count). The van der Waals surface area contributed by atoms with Crippen LogP contribution in [-0.2, 0) is 9.59 Å². The first-order valence-corrected chi connectivity index (χ1v) is 6.36. The van der Waals surface area contributed by atoms with Gasteiger partial charge in [0.05, 0.1) is 6.04 Å². The maximum absolute atomic E-state index is 12.3. The van der Waals surface area contributed by atoms with Crippen LogP contribution in [0.25, 0.3) is 0 Å². The van der Waals surface area contributed by atoms with Gasteiger partial charge in [-0.3, -0.25) is 9.59 Å². The smallest absolute Gasteiger partial charge is 0.303 e. The normalized spacial score (nSPS) is 30.2. The summed E-state index contributed by atoms with van der Waals surface area (Å²) in [5, 5.41) is 11.9. The lowest BCUT2D eigenvalue weighted by atomic mass is 10.1. The highest BCUT2D eigenvalue weighted by molar-refractivity contribution is 5.83. The second-order valence-corrected chi connectivity index (χ2v) is 5.10. The predicted octanol–water partition coefficient (Wildman–Crippen LogP) is 0.593. The lowest BCUT2D eigenvalue weighted by Crippen LogP contribution is -2.46. The summed E-state index contributed by atoms with van der Waals surface area (Å²) in [4.78, 5) is 24.8. The Morgan fingerprint density at radius 3 is 2.76 bits per heavy atom. The maximum atomic E-state index is 12.3. The third-order valence-corrected chi connectivity index (χ3v) is 3.50. The number of hydrogen-bond donors (Lipinski definition) is 2. The quantitative estimate of drug-likeness (QED) is 0.754. The Bertz CT molecular complexity index is 315. The van der Waals surface area contributed by atoms with Gasteiger partial charge in [-0.1, -0.05) is 0 Å². The van der Waals surface area contributed by atoms with E-state index in [0.29, 0.717) is 12.5 Å². The Morgan fingerprint density at radius 1 is 1.47 bits per heavy atom. The molecule has 1 saturated heterocycles. The lowest BCUT2D eigenvalue weighted by molar-refractivity contribution is -0.138. The van der Waals surface area contributed by atoms with Crippen molar-refractivity contribution in [3.05, 3.63) is 0 Å². The van der Waals surface area contributed by atoms with Gasteiger partial charge in [0.1, 0.15) is 0 Å².